The Kier molecular flexibility index (Phi) is 7.75. The van der Waals surface area contributed by atoms with E-state index in [1.165, 1.54) is 18.2 Å². The molecule has 0 fully saturated rings. The predicted molar refractivity (Wildman–Crippen MR) is 85.1 cm³/mol. The molecule has 0 radical (unpaired) electrons. The molecule has 0 bridgehead atoms. The fourth-order valence-electron chi connectivity index (χ4n) is 1.42. The van der Waals surface area contributed by atoms with Gasteiger partial charge in [-0.1, -0.05) is 35.9 Å². The number of nitrogens with two attached hydrogens (primary N) is 1. The third-order valence-electron chi connectivity index (χ3n) is 2.41. The van der Waals surface area contributed by atoms with E-state index in [9.17, 15) is 9.18 Å². The number of hydrogen-bond donors (Lipinski definition) is 2. The fraction of sp³-hybridized carbons (Fsp3) is 0.133. The summed E-state index contributed by atoms with van der Waals surface area (Å²) in [5.41, 5.74) is 6.78. The molecule has 0 aromatic heterocycles. The van der Waals surface area contributed by atoms with Crippen LogP contribution in [0.3, 0.4) is 0 Å². The number of hydrogen-bond acceptors (Lipinski definition) is 2. The molecule has 2 aromatic carbocycles. The lowest BCUT2D eigenvalue weighted by Gasteiger charge is -2.01. The van der Waals surface area contributed by atoms with E-state index in [0.29, 0.717) is 12.2 Å². The van der Waals surface area contributed by atoms with Crippen molar-refractivity contribution in [3.05, 3.63) is 64.9 Å². The molecule has 1 amide bonds. The molecule has 6 heteroatoms. The topological polar surface area (TPSA) is 55.1 Å². The summed E-state index contributed by atoms with van der Waals surface area (Å²) in [4.78, 5) is 10.7. The maximum absolute atomic E-state index is 12.5. The molecule has 0 heterocycles. The number of amides is 1. The Balaban J connectivity index is 0.000000219. The van der Waals surface area contributed by atoms with Gasteiger partial charge in [0.25, 0.3) is 0 Å². The van der Waals surface area contributed by atoms with Crippen molar-refractivity contribution in [1.82, 2.24) is 0 Å². The summed E-state index contributed by atoms with van der Waals surface area (Å²) in [5.74, 6) is -0.860. The number of carbonyl (C=O) groups excluding carboxylic acids is 1. The Labute approximate surface area is 132 Å². The zero-order chi connectivity index (χ0) is 15.7. The molecule has 0 saturated carbocycles. The van der Waals surface area contributed by atoms with Crippen molar-refractivity contribution >= 4 is 34.8 Å². The first-order chi connectivity index (χ1) is 10.1. The summed E-state index contributed by atoms with van der Waals surface area (Å²) in [7, 11) is 0. The zero-order valence-corrected chi connectivity index (χ0v) is 12.7. The minimum Gasteiger partial charge on any atom is -0.326 e. The van der Waals surface area contributed by atoms with E-state index in [4.69, 9.17) is 28.9 Å². The Morgan fingerprint density at radius 3 is 2.43 bits per heavy atom. The molecule has 0 spiro atoms. The second-order valence-corrected chi connectivity index (χ2v) is 4.66. The van der Waals surface area contributed by atoms with Crippen LogP contribution in [0.5, 0.6) is 0 Å². The van der Waals surface area contributed by atoms with Crippen molar-refractivity contribution in [1.29, 1.82) is 0 Å². The molecule has 0 atom stereocenters. The third kappa shape index (κ3) is 6.58. The molecule has 3 N–H and O–H groups in total. The smallest absolute Gasteiger partial charge is 0.239 e. The van der Waals surface area contributed by atoms with Gasteiger partial charge in [0.1, 0.15) is 11.7 Å². The zero-order valence-electron chi connectivity index (χ0n) is 11.2. The van der Waals surface area contributed by atoms with Crippen molar-refractivity contribution in [2.24, 2.45) is 5.73 Å². The number of carbonyl (C=O) groups is 1. The Morgan fingerprint density at radius 2 is 1.90 bits per heavy atom. The molecule has 2 rings (SSSR count). The van der Waals surface area contributed by atoms with Crippen molar-refractivity contribution in [2.45, 2.75) is 6.54 Å². The lowest BCUT2D eigenvalue weighted by molar-refractivity contribution is -0.113. The Hall–Kier alpha value is -1.62. The molecule has 21 heavy (non-hydrogen) atoms. The fourth-order valence-corrected chi connectivity index (χ4v) is 1.70. The van der Waals surface area contributed by atoms with E-state index in [-0.39, 0.29) is 17.6 Å². The van der Waals surface area contributed by atoms with Crippen LogP contribution in [-0.4, -0.2) is 11.8 Å². The molecule has 0 saturated heterocycles. The van der Waals surface area contributed by atoms with Gasteiger partial charge in [0, 0.05) is 17.3 Å². The van der Waals surface area contributed by atoms with Gasteiger partial charge < -0.3 is 11.1 Å². The highest BCUT2D eigenvalue weighted by Gasteiger charge is 1.99. The van der Waals surface area contributed by atoms with Gasteiger partial charge in [-0.05, 0) is 29.8 Å². The first-order valence-electron chi connectivity index (χ1n) is 6.11. The van der Waals surface area contributed by atoms with Crippen molar-refractivity contribution in [3.8, 4) is 0 Å². The SMILES string of the molecule is NCc1ccccc1Cl.O=C(CCl)Nc1cccc(F)c1. The summed E-state index contributed by atoms with van der Waals surface area (Å²) in [6, 6.07) is 13.2. The maximum Gasteiger partial charge on any atom is 0.239 e. The summed E-state index contributed by atoms with van der Waals surface area (Å²) in [5, 5.41) is 3.17. The second-order valence-electron chi connectivity index (χ2n) is 3.99. The van der Waals surface area contributed by atoms with E-state index in [0.717, 1.165) is 10.6 Å². The van der Waals surface area contributed by atoms with Crippen LogP contribution in [-0.2, 0) is 11.3 Å². The minimum atomic E-state index is -0.387. The summed E-state index contributed by atoms with van der Waals surface area (Å²) >= 11 is 11.0. The lowest BCUT2D eigenvalue weighted by atomic mass is 10.2. The number of rotatable bonds is 3. The van der Waals surface area contributed by atoms with Gasteiger partial charge in [-0.2, -0.15) is 0 Å². The quantitative estimate of drug-likeness (QED) is 0.842. The van der Waals surface area contributed by atoms with Crippen molar-refractivity contribution in [3.63, 3.8) is 0 Å². The van der Waals surface area contributed by atoms with Crippen LogP contribution in [0.4, 0.5) is 10.1 Å². The summed E-state index contributed by atoms with van der Waals surface area (Å²) in [6.07, 6.45) is 0. The predicted octanol–water partition coefficient (Wildman–Crippen LogP) is 3.80. The molecular formula is C15H15Cl2FN2O. The highest BCUT2D eigenvalue weighted by Crippen LogP contribution is 2.13. The van der Waals surface area contributed by atoms with E-state index < -0.39 is 0 Å². The average molecular weight is 329 g/mol. The number of alkyl halides is 1. The number of nitrogens with one attached hydrogen (secondary N) is 1. The van der Waals surface area contributed by atoms with Crippen LogP contribution in [0.25, 0.3) is 0 Å². The van der Waals surface area contributed by atoms with E-state index in [1.54, 1.807) is 6.07 Å². The van der Waals surface area contributed by atoms with Gasteiger partial charge in [0.05, 0.1) is 0 Å². The molecule has 0 aliphatic heterocycles. The molecule has 0 aliphatic carbocycles. The first-order valence-corrected chi connectivity index (χ1v) is 7.03. The van der Waals surface area contributed by atoms with Gasteiger partial charge >= 0.3 is 0 Å². The van der Waals surface area contributed by atoms with Crippen LogP contribution in [0.1, 0.15) is 5.56 Å². The monoisotopic (exact) mass is 328 g/mol. The molecule has 2 aromatic rings. The highest BCUT2D eigenvalue weighted by atomic mass is 35.5. The first kappa shape index (κ1) is 17.4. The van der Waals surface area contributed by atoms with Crippen molar-refractivity contribution in [2.75, 3.05) is 11.2 Å². The lowest BCUT2D eigenvalue weighted by Crippen LogP contribution is -2.12. The van der Waals surface area contributed by atoms with Crippen LogP contribution in [0.2, 0.25) is 5.02 Å². The normalized spacial score (nSPS) is 9.52. The Morgan fingerprint density at radius 1 is 1.19 bits per heavy atom. The number of benzene rings is 2. The number of halogens is 3. The van der Waals surface area contributed by atoms with Crippen LogP contribution >= 0.6 is 23.2 Å². The summed E-state index contributed by atoms with van der Waals surface area (Å²) < 4.78 is 12.5. The van der Waals surface area contributed by atoms with Gasteiger partial charge in [-0.3, -0.25) is 4.79 Å². The molecule has 112 valence electrons. The molecule has 0 unspecified atom stereocenters. The summed E-state index contributed by atoms with van der Waals surface area (Å²) in [6.45, 7) is 0.514. The van der Waals surface area contributed by atoms with E-state index in [1.807, 2.05) is 24.3 Å². The van der Waals surface area contributed by atoms with Crippen molar-refractivity contribution < 1.29 is 9.18 Å². The van der Waals surface area contributed by atoms with Crippen LogP contribution in [0.15, 0.2) is 48.5 Å². The standard InChI is InChI=1S/C8H7ClFNO.C7H8ClN/c9-5-8(12)11-7-3-1-2-6(10)4-7;8-7-4-2-1-3-6(7)5-9/h1-4H,5H2,(H,11,12);1-4H,5,9H2. The van der Waals surface area contributed by atoms with E-state index in [2.05, 4.69) is 5.32 Å². The van der Waals surface area contributed by atoms with Crippen LogP contribution < -0.4 is 11.1 Å². The highest BCUT2D eigenvalue weighted by molar-refractivity contribution is 6.31. The Bertz CT molecular complexity index is 593. The second kappa shape index (κ2) is 9.34. The average Bonchev–Trinajstić information content (AvgIpc) is 2.48. The van der Waals surface area contributed by atoms with Gasteiger partial charge in [-0.15, -0.1) is 11.6 Å². The van der Waals surface area contributed by atoms with Gasteiger partial charge in [0.2, 0.25) is 5.91 Å². The molecular weight excluding hydrogens is 314 g/mol. The number of anilines is 1. The molecule has 3 nitrogen and oxygen atoms in total. The molecule has 0 aliphatic rings. The third-order valence-corrected chi connectivity index (χ3v) is 3.02. The van der Waals surface area contributed by atoms with Gasteiger partial charge in [0.15, 0.2) is 0 Å². The largest absolute Gasteiger partial charge is 0.326 e. The van der Waals surface area contributed by atoms with Gasteiger partial charge in [-0.25, -0.2) is 4.39 Å². The van der Waals surface area contributed by atoms with E-state index >= 15 is 0 Å². The van der Waals surface area contributed by atoms with Crippen LogP contribution in [0, 0.1) is 5.82 Å². The minimum absolute atomic E-state index is 0.128. The maximum atomic E-state index is 12.5.